The number of hydrogen-bond acceptors (Lipinski definition) is 9. The van der Waals surface area contributed by atoms with Crippen LogP contribution in [0.2, 0.25) is 4.47 Å². The first kappa shape index (κ1) is 20.5. The van der Waals surface area contributed by atoms with Crippen molar-refractivity contribution < 1.29 is 28.5 Å². The van der Waals surface area contributed by atoms with Gasteiger partial charge < -0.3 is 19.3 Å². The van der Waals surface area contributed by atoms with E-state index in [0.29, 0.717) is 33.2 Å². The van der Waals surface area contributed by atoms with Gasteiger partial charge in [0.05, 0.1) is 34.9 Å². The van der Waals surface area contributed by atoms with Gasteiger partial charge >= 0.3 is 12.1 Å². The van der Waals surface area contributed by atoms with E-state index in [1.165, 1.54) is 29.8 Å². The number of rotatable bonds is 7. The number of carbonyl (C=O) groups is 1. The number of amides is 1. The summed E-state index contributed by atoms with van der Waals surface area (Å²) < 4.78 is 31.4. The topological polar surface area (TPSA) is 116 Å². The molecule has 1 saturated carbocycles. The number of aliphatic hydroxyl groups is 1. The quantitative estimate of drug-likeness (QED) is 0.558. The number of thiazole rings is 1. The molecule has 0 bridgehead atoms. The molecule has 1 fully saturated rings. The van der Waals surface area contributed by atoms with Crippen LogP contribution in [0.4, 0.5) is 14.9 Å². The van der Waals surface area contributed by atoms with Gasteiger partial charge in [0.25, 0.3) is 0 Å². The van der Waals surface area contributed by atoms with Gasteiger partial charge in [-0.1, -0.05) is 11.6 Å². The Bertz CT molecular complexity index is 1050. The molecule has 1 aliphatic carbocycles. The fourth-order valence-electron chi connectivity index (χ4n) is 2.74. The zero-order valence-corrected chi connectivity index (χ0v) is 17.0. The molecule has 2 heterocycles. The van der Waals surface area contributed by atoms with Crippen molar-refractivity contribution in [2.24, 2.45) is 0 Å². The van der Waals surface area contributed by atoms with Crippen LogP contribution in [0.15, 0.2) is 24.5 Å². The third kappa shape index (κ3) is 4.69. The van der Waals surface area contributed by atoms with Crippen molar-refractivity contribution in [1.29, 1.82) is 0 Å². The van der Waals surface area contributed by atoms with Crippen molar-refractivity contribution in [2.75, 3.05) is 18.5 Å². The first-order valence-electron chi connectivity index (χ1n) is 8.97. The fraction of sp³-hybridized carbons (Fsp3) is 0.333. The average Bonchev–Trinajstić information content (AvgIpc) is 3.07. The minimum atomic E-state index is -0.703. The van der Waals surface area contributed by atoms with Gasteiger partial charge in [0.1, 0.15) is 18.8 Å². The lowest BCUT2D eigenvalue weighted by molar-refractivity contribution is -0.0431. The van der Waals surface area contributed by atoms with Crippen molar-refractivity contribution in [2.45, 2.75) is 25.0 Å². The van der Waals surface area contributed by atoms with Crippen LogP contribution < -0.4 is 14.8 Å². The molecule has 0 saturated heterocycles. The zero-order valence-electron chi connectivity index (χ0n) is 15.4. The van der Waals surface area contributed by atoms with E-state index in [0.717, 1.165) is 0 Å². The predicted molar refractivity (Wildman–Crippen MR) is 107 cm³/mol. The molecule has 1 aliphatic rings. The normalized spacial score (nSPS) is 18.0. The molecular formula is C18H16ClFN4O5S. The second-order valence-corrected chi connectivity index (χ2v) is 7.96. The van der Waals surface area contributed by atoms with E-state index in [1.54, 1.807) is 6.07 Å². The van der Waals surface area contributed by atoms with Crippen molar-refractivity contribution in [1.82, 2.24) is 15.0 Å². The van der Waals surface area contributed by atoms with E-state index in [-0.39, 0.29) is 25.0 Å². The van der Waals surface area contributed by atoms with Crippen molar-refractivity contribution in [3.8, 4) is 11.8 Å². The molecule has 30 heavy (non-hydrogen) atoms. The van der Waals surface area contributed by atoms with E-state index < -0.39 is 24.1 Å². The second-order valence-electron chi connectivity index (χ2n) is 6.35. The molecule has 4 rings (SSSR count). The molecule has 158 valence electrons. The second kappa shape index (κ2) is 8.94. The highest BCUT2D eigenvalue weighted by Crippen LogP contribution is 2.34. The molecule has 2 atom stereocenters. The van der Waals surface area contributed by atoms with Crippen LogP contribution in [0.1, 0.15) is 12.8 Å². The Labute approximate surface area is 178 Å². The molecule has 0 spiro atoms. The summed E-state index contributed by atoms with van der Waals surface area (Å²) in [6.07, 6.45) is 2.24. The molecule has 0 unspecified atom stereocenters. The van der Waals surface area contributed by atoms with Gasteiger partial charge in [-0.05, 0) is 12.8 Å². The molecule has 1 amide bonds. The summed E-state index contributed by atoms with van der Waals surface area (Å²) in [5.74, 6) is -0.492. The molecular weight excluding hydrogens is 439 g/mol. The maximum absolute atomic E-state index is 14.3. The highest BCUT2D eigenvalue weighted by Gasteiger charge is 2.37. The molecule has 12 heteroatoms. The van der Waals surface area contributed by atoms with Gasteiger partial charge in [-0.2, -0.15) is 0 Å². The van der Waals surface area contributed by atoms with Crippen LogP contribution in [-0.2, 0) is 4.74 Å². The first-order valence-corrected chi connectivity index (χ1v) is 10.2. The zero-order chi connectivity index (χ0) is 21.1. The van der Waals surface area contributed by atoms with E-state index >= 15 is 0 Å². The maximum Gasteiger partial charge on any atom is 0.412 e. The lowest BCUT2D eigenvalue weighted by Gasteiger charge is -2.35. The molecule has 9 nitrogen and oxygen atoms in total. The highest BCUT2D eigenvalue weighted by atomic mass is 35.5. The van der Waals surface area contributed by atoms with E-state index in [1.807, 2.05) is 0 Å². The number of aromatic nitrogens is 3. The molecule has 1 aromatic carbocycles. The van der Waals surface area contributed by atoms with Gasteiger partial charge in [-0.25, -0.2) is 24.1 Å². The van der Waals surface area contributed by atoms with E-state index in [9.17, 15) is 9.18 Å². The Balaban J connectivity index is 1.32. The number of nitrogens with one attached hydrogen (secondary N) is 1. The predicted octanol–water partition coefficient (Wildman–Crippen LogP) is 3.41. The minimum absolute atomic E-state index is 0.0633. The minimum Gasteiger partial charge on any atom is -0.483 e. The van der Waals surface area contributed by atoms with Crippen LogP contribution >= 0.6 is 22.9 Å². The number of fused-ring (bicyclic) bond motifs is 1. The Morgan fingerprint density at radius 1 is 1.30 bits per heavy atom. The SMILES string of the molecule is O=C(Nc1cnc(OCCO)nc1)O[C@H]1CC[C@H]1Oc1cc2sc(Cl)nc2cc1F. The van der Waals surface area contributed by atoms with Crippen LogP contribution in [0.25, 0.3) is 10.2 Å². The summed E-state index contributed by atoms with van der Waals surface area (Å²) in [6, 6.07) is 2.89. The summed E-state index contributed by atoms with van der Waals surface area (Å²) in [6.45, 7) is -0.0858. The van der Waals surface area contributed by atoms with Gasteiger partial charge in [-0.15, -0.1) is 11.3 Å². The molecule has 0 radical (unpaired) electrons. The number of nitrogens with zero attached hydrogens (tertiary/aromatic N) is 3. The Hall–Kier alpha value is -2.76. The van der Waals surface area contributed by atoms with Gasteiger partial charge in [0.15, 0.2) is 16.0 Å². The molecule has 0 aliphatic heterocycles. The summed E-state index contributed by atoms with van der Waals surface area (Å²) in [4.78, 5) is 23.9. The number of benzene rings is 1. The summed E-state index contributed by atoms with van der Waals surface area (Å²) in [7, 11) is 0. The number of hydrogen-bond donors (Lipinski definition) is 2. The monoisotopic (exact) mass is 454 g/mol. The van der Waals surface area contributed by atoms with E-state index in [2.05, 4.69) is 20.3 Å². The van der Waals surface area contributed by atoms with Gasteiger partial charge in [0, 0.05) is 12.1 Å². The van der Waals surface area contributed by atoms with E-state index in [4.69, 9.17) is 30.9 Å². The van der Waals surface area contributed by atoms with Crippen molar-refractivity contribution >= 4 is 44.9 Å². The molecule has 2 N–H and O–H groups in total. The number of halogens is 2. The van der Waals surface area contributed by atoms with Crippen LogP contribution in [0, 0.1) is 5.82 Å². The van der Waals surface area contributed by atoms with Crippen LogP contribution in [0.5, 0.6) is 11.8 Å². The number of ether oxygens (including phenoxy) is 3. The highest BCUT2D eigenvalue weighted by molar-refractivity contribution is 7.22. The summed E-state index contributed by atoms with van der Waals surface area (Å²) in [5, 5.41) is 11.2. The average molecular weight is 455 g/mol. The third-order valence-electron chi connectivity index (χ3n) is 4.30. The number of anilines is 1. The summed E-state index contributed by atoms with van der Waals surface area (Å²) >= 11 is 7.09. The number of carbonyl (C=O) groups excluding carboxylic acids is 1. The lowest BCUT2D eigenvalue weighted by atomic mass is 9.92. The Morgan fingerprint density at radius 3 is 2.77 bits per heavy atom. The van der Waals surface area contributed by atoms with Crippen LogP contribution in [0.3, 0.4) is 0 Å². The maximum atomic E-state index is 14.3. The smallest absolute Gasteiger partial charge is 0.412 e. The third-order valence-corrected chi connectivity index (χ3v) is 5.42. The van der Waals surface area contributed by atoms with Crippen molar-refractivity contribution in [3.63, 3.8) is 0 Å². The molecule has 3 aromatic rings. The Morgan fingerprint density at radius 2 is 2.07 bits per heavy atom. The number of aliphatic hydroxyl groups excluding tert-OH is 1. The van der Waals surface area contributed by atoms with Gasteiger partial charge in [0.2, 0.25) is 0 Å². The standard InChI is InChI=1S/C18H16ClFN4O5S/c19-16-24-11-5-10(20)14(6-15(11)30-16)28-12-1-2-13(12)29-18(26)23-9-7-21-17(22-8-9)27-4-3-25/h5-8,12-13,25H,1-4H2,(H,23,26)/t12-,13+/m1/s1. The fourth-order valence-corrected chi connectivity index (χ4v) is 3.78. The first-order chi connectivity index (χ1) is 14.5. The van der Waals surface area contributed by atoms with Crippen molar-refractivity contribution in [3.05, 3.63) is 34.8 Å². The lowest BCUT2D eigenvalue weighted by Crippen LogP contribution is -2.45. The largest absolute Gasteiger partial charge is 0.483 e. The van der Waals surface area contributed by atoms with Gasteiger partial charge in [-0.3, -0.25) is 5.32 Å². The molecule has 2 aromatic heterocycles. The van der Waals surface area contributed by atoms with Crippen LogP contribution in [-0.4, -0.2) is 51.6 Å². The summed E-state index contributed by atoms with van der Waals surface area (Å²) in [5.41, 5.74) is 0.775. The Kier molecular flexibility index (Phi) is 6.11.